The molecule has 0 atom stereocenters. The van der Waals surface area contributed by atoms with Gasteiger partial charge in [0.05, 0.1) is 0 Å². The van der Waals surface area contributed by atoms with Crippen molar-refractivity contribution >= 4 is 17.6 Å². The van der Waals surface area contributed by atoms with Gasteiger partial charge in [-0.15, -0.1) is 0 Å². The number of ether oxygens (including phenoxy) is 1. The van der Waals surface area contributed by atoms with Crippen molar-refractivity contribution in [3.05, 3.63) is 83.4 Å². The summed E-state index contributed by atoms with van der Waals surface area (Å²) in [6.07, 6.45) is 1.50. The van der Waals surface area contributed by atoms with E-state index in [1.54, 1.807) is 37.3 Å². The molecule has 154 valence electrons. The van der Waals surface area contributed by atoms with Gasteiger partial charge in [0.25, 0.3) is 5.91 Å². The number of hydrogen-bond acceptors (Lipinski definition) is 4. The lowest BCUT2D eigenvalue weighted by Crippen LogP contribution is -2.28. The summed E-state index contributed by atoms with van der Waals surface area (Å²) in [5, 5.41) is 7.86. The molecule has 3 amide bonds. The molecule has 0 saturated heterocycles. The molecule has 1 heterocycles. The smallest absolute Gasteiger partial charge is 0.319 e. The van der Waals surface area contributed by atoms with Crippen molar-refractivity contribution in [2.45, 2.75) is 13.5 Å². The maximum absolute atomic E-state index is 13.5. The molecule has 0 saturated carbocycles. The van der Waals surface area contributed by atoms with E-state index in [-0.39, 0.29) is 24.0 Å². The molecule has 1 aromatic heterocycles. The van der Waals surface area contributed by atoms with E-state index in [1.807, 2.05) is 12.1 Å². The molecule has 3 aromatic rings. The lowest BCUT2D eigenvalue weighted by atomic mass is 10.2. The highest BCUT2D eigenvalue weighted by Gasteiger charge is 2.08. The maximum Gasteiger partial charge on any atom is 0.319 e. The van der Waals surface area contributed by atoms with Crippen LogP contribution in [0.4, 0.5) is 14.9 Å². The van der Waals surface area contributed by atoms with Crippen LogP contribution in [-0.4, -0.2) is 24.0 Å². The van der Waals surface area contributed by atoms with Crippen LogP contribution in [0.25, 0.3) is 0 Å². The van der Waals surface area contributed by atoms with E-state index in [0.29, 0.717) is 22.7 Å². The largest absolute Gasteiger partial charge is 0.457 e. The SMILES string of the molecule is CNC(=O)c1cc(Oc2ccc(CNC(=O)Nc3cccc(F)c3C)cc2)ccn1. The molecule has 0 radical (unpaired) electrons. The van der Waals surface area contributed by atoms with Gasteiger partial charge in [-0.1, -0.05) is 18.2 Å². The Balaban J connectivity index is 1.55. The first-order valence-corrected chi connectivity index (χ1v) is 9.21. The Kier molecular flexibility index (Phi) is 6.59. The summed E-state index contributed by atoms with van der Waals surface area (Å²) in [5.74, 6) is 0.389. The van der Waals surface area contributed by atoms with E-state index >= 15 is 0 Å². The second-order valence-electron chi connectivity index (χ2n) is 6.42. The van der Waals surface area contributed by atoms with E-state index in [0.717, 1.165) is 5.56 Å². The predicted octanol–water partition coefficient (Wildman–Crippen LogP) is 4.00. The topological polar surface area (TPSA) is 92.4 Å². The molecule has 0 spiro atoms. The van der Waals surface area contributed by atoms with Crippen LogP contribution < -0.4 is 20.7 Å². The third-order valence-corrected chi connectivity index (χ3v) is 4.32. The molecule has 2 aromatic carbocycles. The second-order valence-corrected chi connectivity index (χ2v) is 6.42. The number of hydrogen-bond donors (Lipinski definition) is 3. The van der Waals surface area contributed by atoms with Crippen LogP contribution in [0.5, 0.6) is 11.5 Å². The van der Waals surface area contributed by atoms with E-state index in [9.17, 15) is 14.0 Å². The molecule has 0 unspecified atom stereocenters. The zero-order valence-corrected chi connectivity index (χ0v) is 16.5. The summed E-state index contributed by atoms with van der Waals surface area (Å²) in [7, 11) is 1.53. The molecule has 0 aliphatic carbocycles. The van der Waals surface area contributed by atoms with Crippen molar-refractivity contribution < 1.29 is 18.7 Å². The fourth-order valence-corrected chi connectivity index (χ4v) is 2.63. The molecule has 0 aliphatic rings. The first-order valence-electron chi connectivity index (χ1n) is 9.21. The monoisotopic (exact) mass is 408 g/mol. The van der Waals surface area contributed by atoms with Crippen molar-refractivity contribution in [3.8, 4) is 11.5 Å². The van der Waals surface area contributed by atoms with Gasteiger partial charge in [-0.05, 0) is 42.8 Å². The first-order chi connectivity index (χ1) is 14.5. The number of halogens is 1. The third kappa shape index (κ3) is 5.32. The van der Waals surface area contributed by atoms with Crippen LogP contribution in [0.3, 0.4) is 0 Å². The van der Waals surface area contributed by atoms with Gasteiger partial charge >= 0.3 is 6.03 Å². The third-order valence-electron chi connectivity index (χ3n) is 4.32. The predicted molar refractivity (Wildman–Crippen MR) is 111 cm³/mol. The summed E-state index contributed by atoms with van der Waals surface area (Å²) >= 11 is 0. The van der Waals surface area contributed by atoms with Gasteiger partial charge in [-0.3, -0.25) is 9.78 Å². The summed E-state index contributed by atoms with van der Waals surface area (Å²) < 4.78 is 19.3. The molecule has 30 heavy (non-hydrogen) atoms. The summed E-state index contributed by atoms with van der Waals surface area (Å²) in [6, 6.07) is 14.4. The number of benzene rings is 2. The van der Waals surface area contributed by atoms with Gasteiger partial charge in [-0.2, -0.15) is 0 Å². The zero-order chi connectivity index (χ0) is 21.5. The summed E-state index contributed by atoms with van der Waals surface area (Å²) in [6.45, 7) is 1.89. The lowest BCUT2D eigenvalue weighted by molar-refractivity contribution is 0.0958. The minimum absolute atomic E-state index is 0.260. The molecular formula is C22H21FN4O3. The van der Waals surface area contributed by atoms with Crippen molar-refractivity contribution in [2.24, 2.45) is 0 Å². The quantitative estimate of drug-likeness (QED) is 0.575. The highest BCUT2D eigenvalue weighted by molar-refractivity contribution is 5.92. The Morgan fingerprint density at radius 3 is 2.57 bits per heavy atom. The Hall–Kier alpha value is -3.94. The number of aromatic nitrogens is 1. The number of amides is 3. The molecule has 7 nitrogen and oxygen atoms in total. The molecule has 0 aliphatic heterocycles. The Morgan fingerprint density at radius 2 is 1.83 bits per heavy atom. The van der Waals surface area contributed by atoms with E-state index in [1.165, 1.54) is 25.4 Å². The van der Waals surface area contributed by atoms with Crippen LogP contribution in [0.2, 0.25) is 0 Å². The van der Waals surface area contributed by atoms with Gasteiger partial charge in [0.15, 0.2) is 0 Å². The Morgan fingerprint density at radius 1 is 1.07 bits per heavy atom. The van der Waals surface area contributed by atoms with E-state index in [2.05, 4.69) is 20.9 Å². The van der Waals surface area contributed by atoms with Crippen LogP contribution in [0.15, 0.2) is 60.8 Å². The number of carbonyl (C=O) groups excluding carboxylic acids is 2. The molecule has 3 N–H and O–H groups in total. The number of anilines is 1. The summed E-state index contributed by atoms with van der Waals surface area (Å²) in [5.41, 5.74) is 1.92. The number of carbonyl (C=O) groups is 2. The number of nitrogens with one attached hydrogen (secondary N) is 3. The minimum atomic E-state index is -0.428. The molecule has 0 fully saturated rings. The second kappa shape index (κ2) is 9.51. The molecule has 3 rings (SSSR count). The standard InChI is InChI=1S/C22H21FN4O3/c1-14-18(23)4-3-5-19(14)27-22(29)26-13-15-6-8-16(9-7-15)30-17-10-11-25-20(12-17)21(28)24-2/h3-12H,13H2,1-2H3,(H,24,28)(H2,26,27,29). The van der Waals surface area contributed by atoms with Crippen molar-refractivity contribution in [1.82, 2.24) is 15.6 Å². The van der Waals surface area contributed by atoms with Gasteiger partial charge in [0.2, 0.25) is 0 Å². The van der Waals surface area contributed by atoms with Gasteiger partial charge in [0, 0.05) is 37.1 Å². The average molecular weight is 408 g/mol. The zero-order valence-electron chi connectivity index (χ0n) is 16.5. The van der Waals surface area contributed by atoms with Crippen LogP contribution in [0, 0.1) is 12.7 Å². The minimum Gasteiger partial charge on any atom is -0.457 e. The fourth-order valence-electron chi connectivity index (χ4n) is 2.63. The normalized spacial score (nSPS) is 10.2. The maximum atomic E-state index is 13.5. The average Bonchev–Trinajstić information content (AvgIpc) is 2.76. The van der Waals surface area contributed by atoms with E-state index < -0.39 is 6.03 Å². The van der Waals surface area contributed by atoms with Gasteiger partial charge in [-0.25, -0.2) is 9.18 Å². The highest BCUT2D eigenvalue weighted by atomic mass is 19.1. The number of nitrogens with zero attached hydrogens (tertiary/aromatic N) is 1. The van der Waals surface area contributed by atoms with Crippen molar-refractivity contribution in [1.29, 1.82) is 0 Å². The van der Waals surface area contributed by atoms with Crippen molar-refractivity contribution in [2.75, 3.05) is 12.4 Å². The fraction of sp³-hybridized carbons (Fsp3) is 0.136. The number of pyridine rings is 1. The summed E-state index contributed by atoms with van der Waals surface area (Å²) in [4.78, 5) is 27.7. The van der Waals surface area contributed by atoms with Crippen LogP contribution >= 0.6 is 0 Å². The van der Waals surface area contributed by atoms with Crippen molar-refractivity contribution in [3.63, 3.8) is 0 Å². The van der Waals surface area contributed by atoms with Crippen LogP contribution in [-0.2, 0) is 6.54 Å². The molecular weight excluding hydrogens is 387 g/mol. The highest BCUT2D eigenvalue weighted by Crippen LogP contribution is 2.22. The van der Waals surface area contributed by atoms with Gasteiger partial charge < -0.3 is 20.7 Å². The van der Waals surface area contributed by atoms with Gasteiger partial charge in [0.1, 0.15) is 23.0 Å². The Bertz CT molecular complexity index is 1050. The lowest BCUT2D eigenvalue weighted by Gasteiger charge is -2.11. The Labute approximate surface area is 173 Å². The molecule has 0 bridgehead atoms. The molecule has 8 heteroatoms. The first kappa shape index (κ1) is 20.8. The number of urea groups is 1. The number of rotatable bonds is 6. The van der Waals surface area contributed by atoms with E-state index in [4.69, 9.17) is 4.74 Å². The van der Waals surface area contributed by atoms with Crippen LogP contribution in [0.1, 0.15) is 21.6 Å².